The molecule has 5 rings (SSSR count). The molecule has 1 fully saturated rings. The van der Waals surface area contributed by atoms with E-state index in [1.54, 1.807) is 12.1 Å². The van der Waals surface area contributed by atoms with Crippen LogP contribution in [0.2, 0.25) is 0 Å². The molecule has 2 aromatic rings. The van der Waals surface area contributed by atoms with Crippen molar-refractivity contribution < 1.29 is 17.5 Å². The number of anilines is 2. The highest BCUT2D eigenvalue weighted by molar-refractivity contribution is 7.88. The van der Waals surface area contributed by atoms with E-state index in [1.165, 1.54) is 10.6 Å². The van der Waals surface area contributed by atoms with Crippen molar-refractivity contribution in [2.75, 3.05) is 49.2 Å². The lowest BCUT2D eigenvalue weighted by Gasteiger charge is -2.34. The van der Waals surface area contributed by atoms with E-state index in [0.29, 0.717) is 55.8 Å². The van der Waals surface area contributed by atoms with Crippen LogP contribution in [0.15, 0.2) is 40.4 Å². The molecule has 1 aliphatic carbocycles. The van der Waals surface area contributed by atoms with E-state index >= 15 is 4.39 Å². The van der Waals surface area contributed by atoms with Gasteiger partial charge < -0.3 is 15.0 Å². The fraction of sp³-hybridized carbons (Fsp3) is 0.375. The van der Waals surface area contributed by atoms with Gasteiger partial charge in [0.05, 0.1) is 12.8 Å². The summed E-state index contributed by atoms with van der Waals surface area (Å²) in [6.45, 7) is 6.19. The average molecular weight is 499 g/mol. The second-order valence-electron chi connectivity index (χ2n) is 9.08. The maximum Gasteiger partial charge on any atom is 0.326 e. The van der Waals surface area contributed by atoms with Gasteiger partial charge in [-0.1, -0.05) is 17.7 Å². The van der Waals surface area contributed by atoms with Gasteiger partial charge >= 0.3 is 6.01 Å². The molecule has 0 atom stereocenters. The molecule has 35 heavy (non-hydrogen) atoms. The van der Waals surface area contributed by atoms with E-state index in [4.69, 9.17) is 4.74 Å². The topological polar surface area (TPSA) is 100 Å². The van der Waals surface area contributed by atoms with Gasteiger partial charge in [-0.3, -0.25) is 4.99 Å². The predicted octanol–water partition coefficient (Wildman–Crippen LogP) is 3.22. The molecule has 0 amide bonds. The van der Waals surface area contributed by atoms with Gasteiger partial charge in [0.25, 0.3) is 0 Å². The lowest BCUT2D eigenvalue weighted by molar-refractivity contribution is 0.383. The molecule has 184 valence electrons. The molecule has 0 radical (unpaired) electrons. The number of nitrogens with zero attached hydrogens (tertiary/aromatic N) is 5. The first-order valence-electron chi connectivity index (χ1n) is 11.4. The summed E-state index contributed by atoms with van der Waals surface area (Å²) in [6, 6.07) is 5.21. The Kier molecular flexibility index (Phi) is 6.06. The van der Waals surface area contributed by atoms with Crippen LogP contribution in [0.5, 0.6) is 11.8 Å². The minimum absolute atomic E-state index is 0.00705. The molecule has 1 aromatic heterocycles. The number of halogens is 1. The highest BCUT2D eigenvalue weighted by atomic mass is 32.2. The number of rotatable bonds is 5. The molecule has 11 heteroatoms. The minimum atomic E-state index is -3.25. The van der Waals surface area contributed by atoms with E-state index in [0.717, 1.165) is 23.1 Å². The third-order valence-electron chi connectivity index (χ3n) is 6.16. The molecule has 0 unspecified atom stereocenters. The van der Waals surface area contributed by atoms with Crippen molar-refractivity contribution in [2.24, 2.45) is 4.99 Å². The number of ether oxygens (including phenoxy) is 1. The van der Waals surface area contributed by atoms with E-state index in [2.05, 4.69) is 20.3 Å². The predicted molar refractivity (Wildman–Crippen MR) is 134 cm³/mol. The Morgan fingerprint density at radius 1 is 1.06 bits per heavy atom. The molecule has 3 heterocycles. The van der Waals surface area contributed by atoms with Crippen LogP contribution >= 0.6 is 0 Å². The molecule has 1 saturated heterocycles. The van der Waals surface area contributed by atoms with Gasteiger partial charge in [0, 0.05) is 37.8 Å². The van der Waals surface area contributed by atoms with Crippen LogP contribution in [0.4, 0.5) is 16.0 Å². The Morgan fingerprint density at radius 3 is 2.51 bits per heavy atom. The molecule has 3 aliphatic rings. The molecule has 0 spiro atoms. The molecular weight excluding hydrogens is 471 g/mol. The summed E-state index contributed by atoms with van der Waals surface area (Å²) in [5, 5.41) is 3.18. The first kappa shape index (κ1) is 23.4. The zero-order valence-electron chi connectivity index (χ0n) is 19.9. The van der Waals surface area contributed by atoms with Crippen LogP contribution in [0.25, 0.3) is 6.08 Å². The number of hydrogen-bond acceptors (Lipinski definition) is 8. The number of aromatic nitrogens is 2. The Labute approximate surface area is 204 Å². The van der Waals surface area contributed by atoms with Gasteiger partial charge in [-0.25, -0.2) is 12.8 Å². The zero-order chi connectivity index (χ0) is 24.7. The van der Waals surface area contributed by atoms with Crippen LogP contribution in [-0.2, 0) is 16.4 Å². The van der Waals surface area contributed by atoms with Crippen LogP contribution in [0.3, 0.4) is 0 Å². The lowest BCUT2D eigenvalue weighted by atomic mass is 10.1. The largest absolute Gasteiger partial charge is 0.421 e. The number of benzene rings is 1. The minimum Gasteiger partial charge on any atom is -0.421 e. The summed E-state index contributed by atoms with van der Waals surface area (Å²) in [6.07, 6.45) is 5.69. The van der Waals surface area contributed by atoms with Crippen molar-refractivity contribution in [1.82, 2.24) is 14.3 Å². The number of amidine groups is 1. The number of allylic oxidation sites excluding steroid dienone is 1. The van der Waals surface area contributed by atoms with Gasteiger partial charge in [-0.2, -0.15) is 14.3 Å². The number of sulfonamides is 1. The molecule has 2 aliphatic heterocycles. The summed E-state index contributed by atoms with van der Waals surface area (Å²) in [7, 11) is -3.25. The van der Waals surface area contributed by atoms with E-state index < -0.39 is 15.8 Å². The normalized spacial score (nSPS) is 18.2. The molecular formula is C24H27FN6O3S. The number of fused-ring (bicyclic) bond motifs is 1. The maximum atomic E-state index is 15.2. The molecule has 0 bridgehead atoms. The first-order chi connectivity index (χ1) is 16.7. The number of hydrogen-bond donors (Lipinski definition) is 1. The average Bonchev–Trinajstić information content (AvgIpc) is 3.40. The summed E-state index contributed by atoms with van der Waals surface area (Å²) >= 11 is 0. The molecule has 9 nitrogen and oxygen atoms in total. The van der Waals surface area contributed by atoms with Crippen molar-refractivity contribution >= 4 is 33.6 Å². The monoisotopic (exact) mass is 498 g/mol. The van der Waals surface area contributed by atoms with Crippen molar-refractivity contribution in [1.29, 1.82) is 0 Å². The van der Waals surface area contributed by atoms with Crippen molar-refractivity contribution in [3.8, 4) is 11.8 Å². The second kappa shape index (κ2) is 9.04. The Hall–Kier alpha value is -3.31. The number of piperazine rings is 1. The highest BCUT2D eigenvalue weighted by Crippen LogP contribution is 2.34. The lowest BCUT2D eigenvalue weighted by Crippen LogP contribution is -2.48. The second-order valence-corrected chi connectivity index (χ2v) is 11.1. The summed E-state index contributed by atoms with van der Waals surface area (Å²) in [5.74, 6) is 1.29. The number of nitrogens with one attached hydrogen (secondary N) is 1. The Balaban J connectivity index is 1.44. The van der Waals surface area contributed by atoms with Gasteiger partial charge in [-0.15, -0.1) is 0 Å². The zero-order valence-corrected chi connectivity index (χ0v) is 20.7. The highest BCUT2D eigenvalue weighted by Gasteiger charge is 2.26. The van der Waals surface area contributed by atoms with E-state index in [-0.39, 0.29) is 11.8 Å². The standard InChI is InChI=1S/C24H27FN6O3S/c1-15-10-17-4-5-19(23(25)18(17)11-15)34-24-28-21(27-20-12-16(2)14-26-20)13-22(29-24)30-6-8-31(9-7-30)35(3,32)33/h4-5,11-13H,6-10,14H2,1-3H3,(H,26,27,28,29). The third kappa shape index (κ3) is 5.06. The summed E-state index contributed by atoms with van der Waals surface area (Å²) in [5.41, 5.74) is 3.68. The van der Waals surface area contributed by atoms with E-state index in [1.807, 2.05) is 37.0 Å². The van der Waals surface area contributed by atoms with Crippen molar-refractivity contribution in [3.05, 3.63) is 52.4 Å². The SMILES string of the molecule is CC1=CC(Nc2cc(N3CCN(S(C)(=O)=O)CC3)nc(Oc3ccc4c(c3F)C=C(C)C4)n2)=NC1. The first-order valence-corrected chi connectivity index (χ1v) is 13.2. The van der Waals surface area contributed by atoms with Crippen LogP contribution in [0, 0.1) is 5.82 Å². The Morgan fingerprint density at radius 2 is 1.83 bits per heavy atom. The maximum absolute atomic E-state index is 15.2. The summed E-state index contributed by atoms with van der Waals surface area (Å²) < 4.78 is 46.2. The third-order valence-corrected chi connectivity index (χ3v) is 7.46. The quantitative estimate of drug-likeness (QED) is 0.676. The molecule has 0 saturated carbocycles. The summed E-state index contributed by atoms with van der Waals surface area (Å²) in [4.78, 5) is 15.4. The van der Waals surface area contributed by atoms with Crippen molar-refractivity contribution in [3.63, 3.8) is 0 Å². The fourth-order valence-corrected chi connectivity index (χ4v) is 5.20. The molecule has 1 aromatic carbocycles. The smallest absolute Gasteiger partial charge is 0.326 e. The van der Waals surface area contributed by atoms with Gasteiger partial charge in [0.1, 0.15) is 17.5 Å². The molecule has 1 N–H and O–H groups in total. The van der Waals surface area contributed by atoms with Crippen LogP contribution in [0.1, 0.15) is 25.0 Å². The number of aliphatic imine (C=N–C) groups is 1. The van der Waals surface area contributed by atoms with Gasteiger partial charge in [0.2, 0.25) is 10.0 Å². The van der Waals surface area contributed by atoms with Crippen molar-refractivity contribution in [2.45, 2.75) is 20.3 Å². The Bertz CT molecular complexity index is 1380. The van der Waals surface area contributed by atoms with Crippen LogP contribution < -0.4 is 15.0 Å². The van der Waals surface area contributed by atoms with Crippen LogP contribution in [-0.4, -0.2) is 67.5 Å². The van der Waals surface area contributed by atoms with E-state index in [9.17, 15) is 8.42 Å². The fourth-order valence-electron chi connectivity index (χ4n) is 4.37. The van der Waals surface area contributed by atoms with Gasteiger partial charge in [0.15, 0.2) is 11.6 Å². The van der Waals surface area contributed by atoms with Gasteiger partial charge in [-0.05, 0) is 43.5 Å².